The van der Waals surface area contributed by atoms with E-state index in [1.165, 1.54) is 0 Å². The molecule has 0 spiro atoms. The monoisotopic (exact) mass is 263 g/mol. The van der Waals surface area contributed by atoms with Gasteiger partial charge in [-0.15, -0.1) is 0 Å². The molecule has 0 saturated carbocycles. The molecule has 1 amide bonds. The number of amides is 1. The van der Waals surface area contributed by atoms with Crippen LogP contribution < -0.4 is 10.6 Å². The smallest absolute Gasteiger partial charge is 0.255 e. The molecule has 1 aliphatic rings. The van der Waals surface area contributed by atoms with Gasteiger partial charge >= 0.3 is 0 Å². The Morgan fingerprint density at radius 3 is 3.21 bits per heavy atom. The van der Waals surface area contributed by atoms with Crippen LogP contribution in [0.2, 0.25) is 0 Å². The van der Waals surface area contributed by atoms with Gasteiger partial charge < -0.3 is 15.4 Å². The Hall–Kier alpha value is -1.62. The van der Waals surface area contributed by atoms with E-state index in [4.69, 9.17) is 4.74 Å². The van der Waals surface area contributed by atoms with E-state index in [1.807, 2.05) is 6.07 Å². The summed E-state index contributed by atoms with van der Waals surface area (Å²) >= 11 is 0. The highest BCUT2D eigenvalue weighted by atomic mass is 16.5. The third-order valence-corrected chi connectivity index (χ3v) is 3.13. The molecular formula is C14H21N3O2. The Balaban J connectivity index is 2.00. The second-order valence-corrected chi connectivity index (χ2v) is 4.74. The van der Waals surface area contributed by atoms with Crippen LogP contribution in [-0.4, -0.2) is 36.7 Å². The van der Waals surface area contributed by atoms with Gasteiger partial charge in [0.2, 0.25) is 0 Å². The lowest BCUT2D eigenvalue weighted by Crippen LogP contribution is -2.40. The Bertz CT molecular complexity index is 417. The molecule has 2 heterocycles. The van der Waals surface area contributed by atoms with Crippen molar-refractivity contribution in [3.8, 4) is 0 Å². The third-order valence-electron chi connectivity index (χ3n) is 3.13. The number of carbonyl (C=O) groups is 1. The van der Waals surface area contributed by atoms with Crippen molar-refractivity contribution in [2.75, 3.05) is 25.1 Å². The zero-order chi connectivity index (χ0) is 13.5. The topological polar surface area (TPSA) is 63.2 Å². The molecule has 1 atom stereocenters. The molecule has 1 aromatic rings. The van der Waals surface area contributed by atoms with E-state index in [9.17, 15) is 4.79 Å². The van der Waals surface area contributed by atoms with Gasteiger partial charge in [-0.3, -0.25) is 9.78 Å². The Morgan fingerprint density at radius 1 is 1.58 bits per heavy atom. The fraction of sp³-hybridized carbons (Fsp3) is 0.571. The molecule has 1 unspecified atom stereocenters. The van der Waals surface area contributed by atoms with Crippen LogP contribution in [0.25, 0.3) is 0 Å². The van der Waals surface area contributed by atoms with Gasteiger partial charge in [-0.25, -0.2) is 0 Å². The lowest BCUT2D eigenvalue weighted by Gasteiger charge is -2.23. The number of rotatable bonds is 5. The molecule has 2 N–H and O–H groups in total. The van der Waals surface area contributed by atoms with Gasteiger partial charge in [-0.2, -0.15) is 0 Å². The minimum atomic E-state index is -0.0813. The first kappa shape index (κ1) is 13.8. The summed E-state index contributed by atoms with van der Waals surface area (Å²) in [5.74, 6) is -0.0813. The average Bonchev–Trinajstić information content (AvgIpc) is 2.46. The number of nitrogens with one attached hydrogen (secondary N) is 2. The maximum atomic E-state index is 12.3. The maximum absolute atomic E-state index is 12.3. The minimum Gasteiger partial charge on any atom is -0.384 e. The van der Waals surface area contributed by atoms with Gasteiger partial charge in [0.1, 0.15) is 0 Å². The van der Waals surface area contributed by atoms with Crippen LogP contribution in [0.3, 0.4) is 0 Å². The number of anilines is 1. The molecule has 1 fully saturated rings. The standard InChI is InChI=1S/C14H21N3O2/c1-2-6-16-13-5-7-15-9-12(13)14(18)17-11-4-3-8-19-10-11/h5,7,9,11H,2-4,6,8,10H2,1H3,(H,15,16)(H,17,18). The predicted octanol–water partition coefficient (Wildman–Crippen LogP) is 1.81. The Morgan fingerprint density at radius 2 is 2.47 bits per heavy atom. The summed E-state index contributed by atoms with van der Waals surface area (Å²) in [7, 11) is 0. The molecule has 1 saturated heterocycles. The fourth-order valence-corrected chi connectivity index (χ4v) is 2.11. The van der Waals surface area contributed by atoms with Crippen molar-refractivity contribution in [1.82, 2.24) is 10.3 Å². The summed E-state index contributed by atoms with van der Waals surface area (Å²) < 4.78 is 5.37. The molecule has 104 valence electrons. The second kappa shape index (κ2) is 7.09. The number of hydrogen-bond acceptors (Lipinski definition) is 4. The van der Waals surface area contributed by atoms with E-state index in [1.54, 1.807) is 12.4 Å². The van der Waals surface area contributed by atoms with Gasteiger partial charge in [0.05, 0.1) is 23.9 Å². The molecule has 5 heteroatoms. The molecular weight excluding hydrogens is 242 g/mol. The summed E-state index contributed by atoms with van der Waals surface area (Å²) in [6.07, 6.45) is 6.29. The molecule has 1 aromatic heterocycles. The van der Waals surface area contributed by atoms with E-state index >= 15 is 0 Å². The van der Waals surface area contributed by atoms with Crippen molar-refractivity contribution in [2.24, 2.45) is 0 Å². The first-order valence-corrected chi connectivity index (χ1v) is 6.87. The highest BCUT2D eigenvalue weighted by Crippen LogP contribution is 2.14. The van der Waals surface area contributed by atoms with Gasteiger partial charge in [-0.1, -0.05) is 6.92 Å². The number of pyridine rings is 1. The number of hydrogen-bond donors (Lipinski definition) is 2. The van der Waals surface area contributed by atoms with Crippen LogP contribution in [0.15, 0.2) is 18.5 Å². The van der Waals surface area contributed by atoms with Gasteiger partial charge in [0.25, 0.3) is 5.91 Å². The van der Waals surface area contributed by atoms with E-state index in [2.05, 4.69) is 22.5 Å². The van der Waals surface area contributed by atoms with Crippen molar-refractivity contribution < 1.29 is 9.53 Å². The molecule has 0 radical (unpaired) electrons. The van der Waals surface area contributed by atoms with E-state index < -0.39 is 0 Å². The summed E-state index contributed by atoms with van der Waals surface area (Å²) in [5, 5.41) is 6.26. The first-order chi connectivity index (χ1) is 9.31. The average molecular weight is 263 g/mol. The van der Waals surface area contributed by atoms with Crippen LogP contribution in [0, 0.1) is 0 Å². The summed E-state index contributed by atoms with van der Waals surface area (Å²) in [6.45, 7) is 4.33. The van der Waals surface area contributed by atoms with Crippen molar-refractivity contribution in [3.63, 3.8) is 0 Å². The van der Waals surface area contributed by atoms with Gasteiger partial charge in [0.15, 0.2) is 0 Å². The number of ether oxygens (including phenoxy) is 1. The van der Waals surface area contributed by atoms with Crippen LogP contribution in [0.4, 0.5) is 5.69 Å². The van der Waals surface area contributed by atoms with Crippen LogP contribution >= 0.6 is 0 Å². The maximum Gasteiger partial charge on any atom is 0.255 e. The number of aromatic nitrogens is 1. The van der Waals surface area contributed by atoms with Crippen molar-refractivity contribution in [3.05, 3.63) is 24.0 Å². The largest absolute Gasteiger partial charge is 0.384 e. The first-order valence-electron chi connectivity index (χ1n) is 6.87. The molecule has 5 nitrogen and oxygen atoms in total. The van der Waals surface area contributed by atoms with E-state index in [-0.39, 0.29) is 11.9 Å². The second-order valence-electron chi connectivity index (χ2n) is 4.74. The van der Waals surface area contributed by atoms with Crippen molar-refractivity contribution in [2.45, 2.75) is 32.2 Å². The molecule has 2 rings (SSSR count). The molecule has 0 bridgehead atoms. The highest BCUT2D eigenvalue weighted by Gasteiger charge is 2.18. The molecule has 0 aromatic carbocycles. The summed E-state index contributed by atoms with van der Waals surface area (Å²) in [6, 6.07) is 1.95. The molecule has 1 aliphatic heterocycles. The van der Waals surface area contributed by atoms with Crippen LogP contribution in [0.5, 0.6) is 0 Å². The van der Waals surface area contributed by atoms with Crippen LogP contribution in [-0.2, 0) is 4.74 Å². The lowest BCUT2D eigenvalue weighted by atomic mass is 10.1. The van der Waals surface area contributed by atoms with Gasteiger partial charge in [-0.05, 0) is 25.3 Å². The van der Waals surface area contributed by atoms with Crippen molar-refractivity contribution >= 4 is 11.6 Å². The lowest BCUT2D eigenvalue weighted by molar-refractivity contribution is 0.0624. The summed E-state index contributed by atoms with van der Waals surface area (Å²) in [4.78, 5) is 16.3. The molecule has 19 heavy (non-hydrogen) atoms. The fourth-order valence-electron chi connectivity index (χ4n) is 2.11. The quantitative estimate of drug-likeness (QED) is 0.850. The van der Waals surface area contributed by atoms with E-state index in [0.29, 0.717) is 12.2 Å². The van der Waals surface area contributed by atoms with Crippen LogP contribution in [0.1, 0.15) is 36.5 Å². The summed E-state index contributed by atoms with van der Waals surface area (Å²) in [5.41, 5.74) is 1.44. The van der Waals surface area contributed by atoms with Crippen molar-refractivity contribution in [1.29, 1.82) is 0 Å². The Kier molecular flexibility index (Phi) is 5.15. The number of carbonyl (C=O) groups excluding carboxylic acids is 1. The normalized spacial score (nSPS) is 18.9. The van der Waals surface area contributed by atoms with Gasteiger partial charge in [0, 0.05) is 25.5 Å². The highest BCUT2D eigenvalue weighted by molar-refractivity contribution is 5.99. The Labute approximate surface area is 113 Å². The zero-order valence-electron chi connectivity index (χ0n) is 11.3. The minimum absolute atomic E-state index is 0.0813. The predicted molar refractivity (Wildman–Crippen MR) is 74.3 cm³/mol. The zero-order valence-corrected chi connectivity index (χ0v) is 11.3. The number of nitrogens with zero attached hydrogens (tertiary/aromatic N) is 1. The third kappa shape index (κ3) is 3.92. The van der Waals surface area contributed by atoms with E-state index in [0.717, 1.165) is 38.1 Å². The molecule has 0 aliphatic carbocycles. The SMILES string of the molecule is CCCNc1ccncc1C(=O)NC1CCCOC1.